The second-order valence-corrected chi connectivity index (χ2v) is 13.2. The number of piperidine rings is 1. The fourth-order valence-corrected chi connectivity index (χ4v) is 5.37. The van der Waals surface area contributed by atoms with Gasteiger partial charge in [0.1, 0.15) is 5.02 Å². The Balaban J connectivity index is 0.00000103. The second-order valence-electron chi connectivity index (χ2n) is 10.9. The molecule has 2 unspecified atom stereocenters. The van der Waals surface area contributed by atoms with E-state index in [2.05, 4.69) is 94.2 Å². The summed E-state index contributed by atoms with van der Waals surface area (Å²) in [6.07, 6.45) is 3.82. The number of benzene rings is 2. The summed E-state index contributed by atoms with van der Waals surface area (Å²) in [5, 5.41) is 7.16. The number of rotatable bonds is 8. The Bertz CT molecular complexity index is 1320. The van der Waals surface area contributed by atoms with Crippen molar-refractivity contribution in [2.45, 2.75) is 45.4 Å². The number of para-hydroxylation sites is 1. The number of nitrogens with one attached hydrogen (secondary N) is 2. The minimum Gasteiger partial charge on any atom is -0.402 e. The Morgan fingerprint density at radius 1 is 1.15 bits per heavy atom. The van der Waals surface area contributed by atoms with Gasteiger partial charge >= 0.3 is 0 Å². The maximum Gasteiger partial charge on any atom is 0.229 e. The number of anilines is 5. The highest BCUT2D eigenvalue weighted by Gasteiger charge is 2.21. The van der Waals surface area contributed by atoms with Crippen LogP contribution in [0.5, 0.6) is 0 Å². The summed E-state index contributed by atoms with van der Waals surface area (Å²) in [6, 6.07) is 14.4. The van der Waals surface area contributed by atoms with Gasteiger partial charge in [-0.3, -0.25) is 4.31 Å². The Kier molecular flexibility index (Phi) is 11.4. The molecule has 0 bridgehead atoms. The van der Waals surface area contributed by atoms with Crippen molar-refractivity contribution in [2.75, 3.05) is 42.7 Å². The zero-order chi connectivity index (χ0) is 29.4. The van der Waals surface area contributed by atoms with Crippen LogP contribution in [0.2, 0.25) is 5.02 Å². The maximum atomic E-state index is 6.46. The fraction of sp³-hybridized carbons (Fsp3) is 0.387. The third-order valence-electron chi connectivity index (χ3n) is 6.35. The second kappa shape index (κ2) is 14.5. The van der Waals surface area contributed by atoms with Crippen LogP contribution < -0.4 is 21.3 Å². The lowest BCUT2D eigenvalue weighted by molar-refractivity contribution is 0.464. The molecule has 2 heterocycles. The van der Waals surface area contributed by atoms with Crippen LogP contribution >= 0.6 is 22.3 Å². The van der Waals surface area contributed by atoms with Gasteiger partial charge in [0.05, 0.1) is 11.9 Å². The highest BCUT2D eigenvalue weighted by atomic mass is 35.5. The Hall–Kier alpha value is -3.07. The number of nitrogens with two attached hydrogens (primary N) is 1. The lowest BCUT2D eigenvalue weighted by Gasteiger charge is -2.34. The Labute approximate surface area is 247 Å². The molecule has 7 nitrogen and oxygen atoms in total. The van der Waals surface area contributed by atoms with Crippen LogP contribution in [-0.2, 0) is 0 Å². The van der Waals surface area contributed by atoms with E-state index in [1.807, 2.05) is 32.3 Å². The van der Waals surface area contributed by atoms with Crippen LogP contribution in [0, 0.1) is 18.8 Å². The number of nitrogens with zero attached hydrogens (tertiary/aromatic N) is 4. The van der Waals surface area contributed by atoms with Crippen molar-refractivity contribution >= 4 is 57.0 Å². The first-order valence-electron chi connectivity index (χ1n) is 13.6. The molecule has 2 aromatic carbocycles. The van der Waals surface area contributed by atoms with Gasteiger partial charge in [0, 0.05) is 41.0 Å². The van der Waals surface area contributed by atoms with E-state index in [4.69, 9.17) is 17.3 Å². The van der Waals surface area contributed by atoms with Crippen molar-refractivity contribution < 1.29 is 0 Å². The minimum atomic E-state index is -0.324. The zero-order valence-electron chi connectivity index (χ0n) is 24.7. The van der Waals surface area contributed by atoms with Crippen LogP contribution in [0.1, 0.15) is 39.2 Å². The lowest BCUT2D eigenvalue weighted by Crippen LogP contribution is -2.37. The van der Waals surface area contributed by atoms with Gasteiger partial charge in [0.15, 0.2) is 5.82 Å². The zero-order valence-corrected chi connectivity index (χ0v) is 26.2. The molecule has 1 aromatic heterocycles. The quantitative estimate of drug-likeness (QED) is 0.234. The van der Waals surface area contributed by atoms with Crippen molar-refractivity contribution in [3.63, 3.8) is 0 Å². The van der Waals surface area contributed by atoms with E-state index in [1.165, 1.54) is 5.69 Å². The summed E-state index contributed by atoms with van der Waals surface area (Å²) >= 11 is 6.46. The predicted molar refractivity (Wildman–Crippen MR) is 177 cm³/mol. The summed E-state index contributed by atoms with van der Waals surface area (Å²) in [7, 11) is 3.70. The Morgan fingerprint density at radius 3 is 2.50 bits per heavy atom. The monoisotopic (exact) mass is 581 g/mol. The minimum absolute atomic E-state index is 0.324. The molecule has 0 saturated carbocycles. The average molecular weight is 582 g/mol. The molecular weight excluding hydrogens is 538 g/mol. The first-order valence-corrected chi connectivity index (χ1v) is 15.4. The first-order chi connectivity index (χ1) is 19.0. The van der Waals surface area contributed by atoms with Crippen LogP contribution in [0.25, 0.3) is 0 Å². The molecule has 2 atom stereocenters. The van der Waals surface area contributed by atoms with Crippen LogP contribution in [0.4, 0.5) is 28.8 Å². The number of hydrogen-bond acceptors (Lipinski definition) is 7. The van der Waals surface area contributed by atoms with Gasteiger partial charge in [0.2, 0.25) is 5.95 Å². The van der Waals surface area contributed by atoms with E-state index >= 15 is 0 Å². The van der Waals surface area contributed by atoms with Crippen molar-refractivity contribution in [3.05, 3.63) is 71.5 Å². The van der Waals surface area contributed by atoms with Gasteiger partial charge in [-0.15, -0.1) is 0 Å². The van der Waals surface area contributed by atoms with E-state index in [0.29, 0.717) is 22.7 Å². The van der Waals surface area contributed by atoms with E-state index in [9.17, 15) is 0 Å². The van der Waals surface area contributed by atoms with Crippen molar-refractivity contribution in [1.29, 1.82) is 0 Å². The molecule has 9 heteroatoms. The summed E-state index contributed by atoms with van der Waals surface area (Å²) < 4.78 is 2.08. The molecule has 1 saturated heterocycles. The third kappa shape index (κ3) is 8.71. The Morgan fingerprint density at radius 2 is 1.85 bits per heavy atom. The fourth-order valence-electron chi connectivity index (χ4n) is 4.23. The van der Waals surface area contributed by atoms with Gasteiger partial charge < -0.3 is 21.3 Å². The van der Waals surface area contributed by atoms with Crippen molar-refractivity contribution in [2.24, 2.45) is 17.6 Å². The highest BCUT2D eigenvalue weighted by molar-refractivity contribution is 8.12. The highest BCUT2D eigenvalue weighted by Crippen LogP contribution is 2.36. The number of halogens is 1. The largest absolute Gasteiger partial charge is 0.402 e. The number of aryl methyl sites for hydroxylation is 1. The molecule has 40 heavy (non-hydrogen) atoms. The molecule has 0 spiro atoms. The van der Waals surface area contributed by atoms with Crippen LogP contribution in [-0.4, -0.2) is 47.3 Å². The van der Waals surface area contributed by atoms with E-state index in [-0.39, 0.29) is 10.7 Å². The topological polar surface area (TPSA) is 82.3 Å². The molecule has 1 aliphatic rings. The van der Waals surface area contributed by atoms with Crippen molar-refractivity contribution in [1.82, 2.24) is 14.3 Å². The van der Waals surface area contributed by atoms with Gasteiger partial charge in [0.25, 0.3) is 0 Å². The van der Waals surface area contributed by atoms with Crippen LogP contribution in [0.15, 0.2) is 65.8 Å². The molecule has 216 valence electrons. The van der Waals surface area contributed by atoms with Crippen molar-refractivity contribution in [3.8, 4) is 0 Å². The summed E-state index contributed by atoms with van der Waals surface area (Å²) in [5.74, 6) is 6.47. The van der Waals surface area contributed by atoms with Crippen LogP contribution in [0.3, 0.4) is 0 Å². The molecule has 1 fully saturated rings. The molecule has 0 radical (unpaired) electrons. The summed E-state index contributed by atoms with van der Waals surface area (Å²) in [4.78, 5) is 12.5. The number of hydrogen-bond donors (Lipinski definition) is 3. The predicted octanol–water partition coefficient (Wildman–Crippen LogP) is 7.81. The maximum absolute atomic E-state index is 6.46. The normalized spacial score (nSPS) is 15.8. The van der Waals surface area contributed by atoms with Gasteiger partial charge in [-0.2, -0.15) is 4.98 Å². The van der Waals surface area contributed by atoms with Gasteiger partial charge in [-0.1, -0.05) is 67.6 Å². The average Bonchev–Trinajstić information content (AvgIpc) is 2.91. The molecule has 1 aliphatic heterocycles. The van der Waals surface area contributed by atoms with Gasteiger partial charge in [-0.25, -0.2) is 4.98 Å². The SMILES string of the molecule is C=C(N)C1CCCN(c2ccc(Nc3ncc(Cl)c(Nc4ccccc4S(=C)N(C)C)n3)c(C)c2)C1.CC(C)C. The number of aromatic nitrogens is 2. The van der Waals surface area contributed by atoms with E-state index in [0.717, 1.165) is 59.4 Å². The summed E-state index contributed by atoms with van der Waals surface area (Å²) in [5.41, 5.74) is 10.9. The van der Waals surface area contributed by atoms with E-state index < -0.39 is 0 Å². The molecule has 3 aromatic rings. The summed E-state index contributed by atoms with van der Waals surface area (Å²) in [6.45, 7) is 14.5. The van der Waals surface area contributed by atoms with Gasteiger partial charge in [-0.05, 0) is 75.7 Å². The smallest absolute Gasteiger partial charge is 0.229 e. The third-order valence-corrected chi connectivity index (χ3v) is 8.37. The molecule has 0 aliphatic carbocycles. The lowest BCUT2D eigenvalue weighted by atomic mass is 9.95. The molecule has 0 amide bonds. The first kappa shape index (κ1) is 31.5. The standard InChI is InChI=1S/C27H34ClN7S.C4H10/c1-18-15-21(35-14-8-9-20(17-35)19(2)29)12-13-23(18)32-27-30-16-22(28)26(33-27)31-24-10-6-7-11-25(24)36(5)34(3)4;1-4(2)3/h6-7,10-13,15-16,20H,2,5,8-9,14,17,29H2,1,3-4H3,(H2,30,31,32,33);4H,1-3H3. The molecule has 4 N–H and O–H groups in total. The molecule has 4 rings (SSSR count). The molecular formula is C31H44ClN7S. The van der Waals surface area contributed by atoms with E-state index in [1.54, 1.807) is 6.20 Å².